The Hall–Kier alpha value is -2.78. The van der Waals surface area contributed by atoms with Crippen LogP contribution in [0.3, 0.4) is 0 Å². The smallest absolute Gasteiger partial charge is 0.368 e. The molecule has 1 saturated heterocycles. The average molecular weight is 495 g/mol. The van der Waals surface area contributed by atoms with Gasteiger partial charge in [-0.1, -0.05) is 23.7 Å². The standard InChI is InChI=1S/C23H22ClF3N4OS/c1-15-5-6-17(24)12-20(15)30-7-9-31(10-8-30)21(32)13-19-14-33-22(29-19)28-18-4-2-3-16(11-18)23(25,26)27/h2-6,11-12,14H,7-10,13H2,1H3,(H,28,29). The number of nitrogens with one attached hydrogen (secondary N) is 1. The van der Waals surface area contributed by atoms with Crippen molar-refractivity contribution in [2.24, 2.45) is 0 Å². The van der Waals surface area contributed by atoms with Gasteiger partial charge in [0.2, 0.25) is 5.91 Å². The molecule has 5 nitrogen and oxygen atoms in total. The van der Waals surface area contributed by atoms with Crippen LogP contribution in [0, 0.1) is 6.92 Å². The molecule has 0 spiro atoms. The predicted octanol–water partition coefficient (Wildman–Crippen LogP) is 5.76. The van der Waals surface area contributed by atoms with Gasteiger partial charge in [0.25, 0.3) is 0 Å². The molecule has 1 N–H and O–H groups in total. The lowest BCUT2D eigenvalue weighted by Gasteiger charge is -2.36. The third-order valence-electron chi connectivity index (χ3n) is 5.47. The van der Waals surface area contributed by atoms with E-state index in [0.29, 0.717) is 47.7 Å². The number of benzene rings is 2. The molecule has 0 radical (unpaired) electrons. The molecule has 1 fully saturated rings. The summed E-state index contributed by atoms with van der Waals surface area (Å²) in [7, 11) is 0. The van der Waals surface area contributed by atoms with Gasteiger partial charge in [0, 0.05) is 48.0 Å². The minimum Gasteiger partial charge on any atom is -0.368 e. The van der Waals surface area contributed by atoms with Gasteiger partial charge in [-0.15, -0.1) is 11.3 Å². The van der Waals surface area contributed by atoms with Crippen LogP contribution in [-0.2, 0) is 17.4 Å². The number of aromatic nitrogens is 1. The number of amides is 1. The zero-order valence-corrected chi connectivity index (χ0v) is 19.4. The van der Waals surface area contributed by atoms with Crippen LogP contribution < -0.4 is 10.2 Å². The molecule has 0 aliphatic carbocycles. The zero-order chi connectivity index (χ0) is 23.6. The lowest BCUT2D eigenvalue weighted by atomic mass is 10.1. The third kappa shape index (κ3) is 5.78. The molecule has 2 aromatic carbocycles. The zero-order valence-electron chi connectivity index (χ0n) is 17.8. The molecule has 10 heteroatoms. The van der Waals surface area contributed by atoms with E-state index in [-0.39, 0.29) is 12.3 Å². The fourth-order valence-electron chi connectivity index (χ4n) is 3.73. The molecule has 1 amide bonds. The Kier molecular flexibility index (Phi) is 6.81. The van der Waals surface area contributed by atoms with E-state index in [1.807, 2.05) is 30.0 Å². The highest BCUT2D eigenvalue weighted by Crippen LogP contribution is 2.32. The Morgan fingerprint density at radius 2 is 1.91 bits per heavy atom. The molecular formula is C23H22ClF3N4OS. The highest BCUT2D eigenvalue weighted by atomic mass is 35.5. The first kappa shape index (κ1) is 23.4. The SMILES string of the molecule is Cc1ccc(Cl)cc1N1CCN(C(=O)Cc2csc(Nc3cccc(C(F)(F)F)c3)n2)CC1. The number of rotatable bonds is 5. The van der Waals surface area contributed by atoms with Crippen molar-refractivity contribution in [2.45, 2.75) is 19.5 Å². The van der Waals surface area contributed by atoms with Gasteiger partial charge < -0.3 is 15.1 Å². The molecule has 0 unspecified atom stereocenters. The summed E-state index contributed by atoms with van der Waals surface area (Å²) in [5.41, 5.74) is 2.38. The van der Waals surface area contributed by atoms with Crippen molar-refractivity contribution in [1.29, 1.82) is 0 Å². The molecule has 0 atom stereocenters. The summed E-state index contributed by atoms with van der Waals surface area (Å²) in [4.78, 5) is 21.2. The van der Waals surface area contributed by atoms with Gasteiger partial charge in [0.15, 0.2) is 5.13 Å². The van der Waals surface area contributed by atoms with Gasteiger partial charge in [-0.25, -0.2) is 4.98 Å². The van der Waals surface area contributed by atoms with Crippen molar-refractivity contribution in [1.82, 2.24) is 9.88 Å². The van der Waals surface area contributed by atoms with Gasteiger partial charge in [-0.05, 0) is 42.8 Å². The summed E-state index contributed by atoms with van der Waals surface area (Å²) < 4.78 is 38.7. The normalized spacial score (nSPS) is 14.5. The quantitative estimate of drug-likeness (QED) is 0.490. The first-order valence-corrected chi connectivity index (χ1v) is 11.6. The van der Waals surface area contributed by atoms with Gasteiger partial charge in [-0.3, -0.25) is 4.79 Å². The topological polar surface area (TPSA) is 48.5 Å². The summed E-state index contributed by atoms with van der Waals surface area (Å²) >= 11 is 7.39. The summed E-state index contributed by atoms with van der Waals surface area (Å²) in [6.07, 6.45) is -4.26. The minimum absolute atomic E-state index is 0.0200. The molecule has 0 saturated carbocycles. The molecule has 1 aliphatic heterocycles. The third-order valence-corrected chi connectivity index (χ3v) is 6.51. The molecule has 0 bridgehead atoms. The summed E-state index contributed by atoms with van der Waals surface area (Å²) in [6.45, 7) is 4.67. The molecule has 3 aromatic rings. The van der Waals surface area contributed by atoms with Gasteiger partial charge >= 0.3 is 6.18 Å². The van der Waals surface area contributed by atoms with Crippen molar-refractivity contribution in [3.8, 4) is 0 Å². The molecular weight excluding hydrogens is 473 g/mol. The number of halogens is 4. The van der Waals surface area contributed by atoms with Crippen LogP contribution in [0.25, 0.3) is 0 Å². The Morgan fingerprint density at radius 1 is 1.15 bits per heavy atom. The van der Waals surface area contributed by atoms with Crippen LogP contribution in [0.4, 0.5) is 29.7 Å². The monoisotopic (exact) mass is 494 g/mol. The van der Waals surface area contributed by atoms with Crippen LogP contribution >= 0.6 is 22.9 Å². The second-order valence-corrected chi connectivity index (χ2v) is 9.12. The molecule has 4 rings (SSSR count). The molecule has 33 heavy (non-hydrogen) atoms. The van der Waals surface area contributed by atoms with Crippen molar-refractivity contribution in [2.75, 3.05) is 36.4 Å². The van der Waals surface area contributed by atoms with E-state index in [4.69, 9.17) is 11.6 Å². The van der Waals surface area contributed by atoms with Gasteiger partial charge in [0.1, 0.15) is 0 Å². The summed E-state index contributed by atoms with van der Waals surface area (Å²) in [6, 6.07) is 10.7. The summed E-state index contributed by atoms with van der Waals surface area (Å²) in [5, 5.41) is 5.77. The van der Waals surface area contributed by atoms with Crippen LogP contribution in [0.2, 0.25) is 5.02 Å². The second kappa shape index (κ2) is 9.61. The largest absolute Gasteiger partial charge is 0.416 e. The fourth-order valence-corrected chi connectivity index (χ4v) is 4.63. The number of piperazine rings is 1. The highest BCUT2D eigenvalue weighted by molar-refractivity contribution is 7.13. The van der Waals surface area contributed by atoms with E-state index in [1.165, 1.54) is 17.4 Å². The van der Waals surface area contributed by atoms with Crippen LogP contribution in [-0.4, -0.2) is 42.0 Å². The lowest BCUT2D eigenvalue weighted by Crippen LogP contribution is -2.49. The van der Waals surface area contributed by atoms with Crippen molar-refractivity contribution < 1.29 is 18.0 Å². The Balaban J connectivity index is 1.33. The maximum atomic E-state index is 12.9. The van der Waals surface area contributed by atoms with Gasteiger partial charge in [0.05, 0.1) is 17.7 Å². The lowest BCUT2D eigenvalue weighted by molar-refractivity contribution is -0.137. The van der Waals surface area contributed by atoms with E-state index in [2.05, 4.69) is 15.2 Å². The van der Waals surface area contributed by atoms with E-state index in [1.54, 1.807) is 11.4 Å². The average Bonchev–Trinajstić information content (AvgIpc) is 3.21. The number of nitrogens with zero attached hydrogens (tertiary/aromatic N) is 3. The van der Waals surface area contributed by atoms with Gasteiger partial charge in [-0.2, -0.15) is 13.2 Å². The Labute approximate surface area is 198 Å². The number of hydrogen-bond acceptors (Lipinski definition) is 5. The van der Waals surface area contributed by atoms with Crippen LogP contribution in [0.1, 0.15) is 16.8 Å². The molecule has 1 aliphatic rings. The molecule has 174 valence electrons. The minimum atomic E-state index is -4.41. The van der Waals surface area contributed by atoms with Crippen LogP contribution in [0.5, 0.6) is 0 Å². The van der Waals surface area contributed by atoms with E-state index >= 15 is 0 Å². The predicted molar refractivity (Wildman–Crippen MR) is 126 cm³/mol. The summed E-state index contributed by atoms with van der Waals surface area (Å²) in [5.74, 6) is -0.0200. The fraction of sp³-hybridized carbons (Fsp3) is 0.304. The molecule has 2 heterocycles. The molecule has 1 aromatic heterocycles. The van der Waals surface area contributed by atoms with Crippen molar-refractivity contribution in [3.05, 3.63) is 69.7 Å². The second-order valence-electron chi connectivity index (χ2n) is 7.82. The first-order valence-electron chi connectivity index (χ1n) is 10.4. The Morgan fingerprint density at radius 3 is 2.64 bits per heavy atom. The number of carbonyl (C=O) groups is 1. The van der Waals surface area contributed by atoms with E-state index < -0.39 is 11.7 Å². The van der Waals surface area contributed by atoms with E-state index in [0.717, 1.165) is 23.4 Å². The van der Waals surface area contributed by atoms with E-state index in [9.17, 15) is 18.0 Å². The number of aryl methyl sites for hydroxylation is 1. The maximum Gasteiger partial charge on any atom is 0.416 e. The van der Waals surface area contributed by atoms with Crippen molar-refractivity contribution >= 4 is 45.4 Å². The number of thiazole rings is 1. The number of anilines is 3. The van der Waals surface area contributed by atoms with Crippen LogP contribution in [0.15, 0.2) is 47.8 Å². The number of hydrogen-bond donors (Lipinski definition) is 1. The Bertz CT molecular complexity index is 1140. The van der Waals surface area contributed by atoms with Crippen molar-refractivity contribution in [3.63, 3.8) is 0 Å². The maximum absolute atomic E-state index is 12.9. The number of alkyl halides is 3. The highest BCUT2D eigenvalue weighted by Gasteiger charge is 2.30. The number of carbonyl (C=O) groups excluding carboxylic acids is 1. The first-order chi connectivity index (χ1) is 15.7.